The Bertz CT molecular complexity index is 416. The van der Waals surface area contributed by atoms with Crippen LogP contribution in [0.15, 0.2) is 41.2 Å². The van der Waals surface area contributed by atoms with Crippen molar-refractivity contribution < 1.29 is 4.74 Å². The largest absolute Gasteiger partial charge is 0.372 e. The molecule has 90 valence electrons. The number of nitrogens with zero attached hydrogens (tertiary/aromatic N) is 1. The fourth-order valence-corrected chi connectivity index (χ4v) is 2.31. The fraction of sp³-hybridized carbons (Fsp3) is 0.308. The summed E-state index contributed by atoms with van der Waals surface area (Å²) in [5.74, 6) is 0. The predicted molar refractivity (Wildman–Crippen MR) is 70.0 cm³/mol. The zero-order valence-corrected chi connectivity index (χ0v) is 10.4. The molecule has 0 amide bonds. The minimum atomic E-state index is 0.00459. The molecule has 4 heteroatoms. The molecule has 0 fully saturated rings. The first-order valence-electron chi connectivity index (χ1n) is 5.64. The van der Waals surface area contributed by atoms with Crippen molar-refractivity contribution in [3.8, 4) is 0 Å². The lowest BCUT2D eigenvalue weighted by molar-refractivity contribution is 0.0608. The molecule has 0 saturated carbocycles. The van der Waals surface area contributed by atoms with Crippen molar-refractivity contribution in [3.63, 3.8) is 0 Å². The van der Waals surface area contributed by atoms with Crippen LogP contribution in [0.3, 0.4) is 0 Å². The van der Waals surface area contributed by atoms with Crippen LogP contribution < -0.4 is 5.73 Å². The Labute approximate surface area is 105 Å². The summed E-state index contributed by atoms with van der Waals surface area (Å²) in [5, 5.41) is 4.12. The molecule has 2 aromatic heterocycles. The number of pyridine rings is 1. The van der Waals surface area contributed by atoms with Gasteiger partial charge in [-0.1, -0.05) is 6.07 Å². The Morgan fingerprint density at radius 1 is 1.35 bits per heavy atom. The highest BCUT2D eigenvalue weighted by Crippen LogP contribution is 2.19. The maximum absolute atomic E-state index is 5.78. The smallest absolute Gasteiger partial charge is 0.0955 e. The van der Waals surface area contributed by atoms with E-state index in [-0.39, 0.29) is 6.10 Å². The maximum atomic E-state index is 5.78. The average molecular weight is 248 g/mol. The number of nitrogens with two attached hydrogens (primary N) is 1. The van der Waals surface area contributed by atoms with E-state index < -0.39 is 0 Å². The zero-order chi connectivity index (χ0) is 11.9. The summed E-state index contributed by atoms with van der Waals surface area (Å²) in [7, 11) is 0. The lowest BCUT2D eigenvalue weighted by Crippen LogP contribution is -2.16. The summed E-state index contributed by atoms with van der Waals surface area (Å²) < 4.78 is 5.78. The van der Waals surface area contributed by atoms with Gasteiger partial charge in [0.2, 0.25) is 0 Å². The summed E-state index contributed by atoms with van der Waals surface area (Å²) in [6, 6.07) is 7.97. The molecule has 2 N–H and O–H groups in total. The van der Waals surface area contributed by atoms with Crippen LogP contribution in [0.4, 0.5) is 0 Å². The van der Waals surface area contributed by atoms with Crippen LogP contribution in [-0.2, 0) is 11.2 Å². The van der Waals surface area contributed by atoms with Gasteiger partial charge in [0.05, 0.1) is 12.7 Å². The predicted octanol–water partition coefficient (Wildman–Crippen LogP) is 2.40. The number of aromatic nitrogens is 1. The standard InChI is InChI=1S/C13H16N2OS/c14-9-13(11-5-8-17-10-11)16-7-4-12-3-1-2-6-15-12/h1-3,5-6,8,10,13H,4,7,9,14H2. The van der Waals surface area contributed by atoms with Gasteiger partial charge in [-0.05, 0) is 34.5 Å². The van der Waals surface area contributed by atoms with E-state index in [1.165, 1.54) is 5.56 Å². The van der Waals surface area contributed by atoms with Crippen LogP contribution in [0.2, 0.25) is 0 Å². The van der Waals surface area contributed by atoms with Gasteiger partial charge < -0.3 is 10.5 Å². The van der Waals surface area contributed by atoms with Crippen molar-refractivity contribution in [1.82, 2.24) is 4.98 Å². The highest BCUT2D eigenvalue weighted by Gasteiger charge is 2.10. The molecule has 0 aliphatic rings. The minimum absolute atomic E-state index is 0.00459. The molecule has 1 unspecified atom stereocenters. The quantitative estimate of drug-likeness (QED) is 0.854. The Kier molecular flexibility index (Phi) is 4.67. The molecule has 0 radical (unpaired) electrons. The van der Waals surface area contributed by atoms with Gasteiger partial charge in [-0.25, -0.2) is 0 Å². The third kappa shape index (κ3) is 3.63. The Morgan fingerprint density at radius 3 is 2.94 bits per heavy atom. The molecule has 2 heterocycles. The number of hydrogen-bond donors (Lipinski definition) is 1. The normalized spacial score (nSPS) is 12.5. The third-order valence-corrected chi connectivity index (χ3v) is 3.23. The highest BCUT2D eigenvalue weighted by molar-refractivity contribution is 7.07. The summed E-state index contributed by atoms with van der Waals surface area (Å²) >= 11 is 1.67. The van der Waals surface area contributed by atoms with E-state index in [2.05, 4.69) is 16.4 Å². The van der Waals surface area contributed by atoms with Gasteiger partial charge >= 0.3 is 0 Å². The van der Waals surface area contributed by atoms with Crippen molar-refractivity contribution in [2.24, 2.45) is 5.73 Å². The highest BCUT2D eigenvalue weighted by atomic mass is 32.1. The van der Waals surface area contributed by atoms with E-state index in [0.717, 1.165) is 12.1 Å². The molecule has 2 aromatic rings. The first-order valence-corrected chi connectivity index (χ1v) is 6.58. The molecule has 17 heavy (non-hydrogen) atoms. The summed E-state index contributed by atoms with van der Waals surface area (Å²) in [4.78, 5) is 4.25. The Hall–Kier alpha value is -1.23. The van der Waals surface area contributed by atoms with E-state index in [1.807, 2.05) is 23.6 Å². The summed E-state index contributed by atoms with van der Waals surface area (Å²) in [6.45, 7) is 1.16. The zero-order valence-electron chi connectivity index (χ0n) is 9.58. The Morgan fingerprint density at radius 2 is 2.29 bits per heavy atom. The van der Waals surface area contributed by atoms with Gasteiger partial charge in [0.1, 0.15) is 0 Å². The second-order valence-electron chi connectivity index (χ2n) is 3.72. The van der Waals surface area contributed by atoms with Crippen molar-refractivity contribution in [1.29, 1.82) is 0 Å². The van der Waals surface area contributed by atoms with Gasteiger partial charge in [-0.2, -0.15) is 11.3 Å². The number of ether oxygens (including phenoxy) is 1. The van der Waals surface area contributed by atoms with E-state index in [1.54, 1.807) is 17.5 Å². The lowest BCUT2D eigenvalue weighted by Gasteiger charge is -2.14. The second kappa shape index (κ2) is 6.49. The Balaban J connectivity index is 1.81. The molecule has 0 aliphatic carbocycles. The van der Waals surface area contributed by atoms with Gasteiger partial charge in [0, 0.05) is 24.9 Å². The number of hydrogen-bond acceptors (Lipinski definition) is 4. The molecule has 0 aromatic carbocycles. The van der Waals surface area contributed by atoms with Crippen LogP contribution in [-0.4, -0.2) is 18.1 Å². The molecule has 0 saturated heterocycles. The van der Waals surface area contributed by atoms with Crippen LogP contribution >= 0.6 is 11.3 Å². The topological polar surface area (TPSA) is 48.1 Å². The van der Waals surface area contributed by atoms with Crippen molar-refractivity contribution in [3.05, 3.63) is 52.5 Å². The number of thiophene rings is 1. The third-order valence-electron chi connectivity index (χ3n) is 2.53. The van der Waals surface area contributed by atoms with Gasteiger partial charge in [-0.15, -0.1) is 0 Å². The molecule has 0 spiro atoms. The van der Waals surface area contributed by atoms with Crippen LogP contribution in [0, 0.1) is 0 Å². The average Bonchev–Trinajstić information content (AvgIpc) is 2.90. The fourth-order valence-electron chi connectivity index (χ4n) is 1.61. The second-order valence-corrected chi connectivity index (χ2v) is 4.50. The van der Waals surface area contributed by atoms with E-state index in [0.29, 0.717) is 13.2 Å². The molecule has 1 atom stereocenters. The molecule has 0 bridgehead atoms. The van der Waals surface area contributed by atoms with Gasteiger partial charge in [0.15, 0.2) is 0 Å². The van der Waals surface area contributed by atoms with E-state index >= 15 is 0 Å². The first-order chi connectivity index (χ1) is 8.40. The SMILES string of the molecule is NCC(OCCc1ccccn1)c1ccsc1. The van der Waals surface area contributed by atoms with Crippen LogP contribution in [0.5, 0.6) is 0 Å². The van der Waals surface area contributed by atoms with E-state index in [9.17, 15) is 0 Å². The van der Waals surface area contributed by atoms with Crippen molar-refractivity contribution >= 4 is 11.3 Å². The van der Waals surface area contributed by atoms with Crippen LogP contribution in [0.1, 0.15) is 17.4 Å². The summed E-state index contributed by atoms with van der Waals surface area (Å²) in [6.07, 6.45) is 2.63. The monoisotopic (exact) mass is 248 g/mol. The first kappa shape index (κ1) is 12.2. The van der Waals surface area contributed by atoms with Crippen molar-refractivity contribution in [2.75, 3.05) is 13.2 Å². The maximum Gasteiger partial charge on any atom is 0.0955 e. The van der Waals surface area contributed by atoms with E-state index in [4.69, 9.17) is 10.5 Å². The number of rotatable bonds is 6. The minimum Gasteiger partial charge on any atom is -0.372 e. The van der Waals surface area contributed by atoms with Gasteiger partial charge in [0.25, 0.3) is 0 Å². The molecule has 3 nitrogen and oxygen atoms in total. The molecular formula is C13H16N2OS. The van der Waals surface area contributed by atoms with Crippen molar-refractivity contribution in [2.45, 2.75) is 12.5 Å². The molecule has 2 rings (SSSR count). The van der Waals surface area contributed by atoms with Crippen LogP contribution in [0.25, 0.3) is 0 Å². The summed E-state index contributed by atoms with van der Waals surface area (Å²) in [5.41, 5.74) is 7.92. The van der Waals surface area contributed by atoms with Gasteiger partial charge in [-0.3, -0.25) is 4.98 Å². The lowest BCUT2D eigenvalue weighted by atomic mass is 10.2. The molecular weight excluding hydrogens is 232 g/mol. The molecule has 0 aliphatic heterocycles.